The molecule has 0 bridgehead atoms. The molecule has 0 atom stereocenters. The van der Waals surface area contributed by atoms with Crippen molar-refractivity contribution in [3.8, 4) is 33.4 Å². The van der Waals surface area contributed by atoms with Crippen LogP contribution in [0.5, 0.6) is 0 Å². The van der Waals surface area contributed by atoms with Crippen molar-refractivity contribution in [1.82, 2.24) is 0 Å². The van der Waals surface area contributed by atoms with Crippen LogP contribution in [-0.2, 0) is 0 Å². The summed E-state index contributed by atoms with van der Waals surface area (Å²) in [5.41, 5.74) is 7.65. The Kier molecular flexibility index (Phi) is 5.85. The highest BCUT2D eigenvalue weighted by Crippen LogP contribution is 2.48. The van der Waals surface area contributed by atoms with E-state index in [1.165, 1.54) is 96.6 Å². The standard InChI is InChI=1S/C46H28S/c1-2-13-29(14-3-1)31-25-26-40(33-17-5-4-16-32(31)33)46-37-21-8-6-19-35(37)45(36-20-7-9-22-38(36)46)39-23-12-15-30-27-42-34-18-10-11-24-43(34)47-44(42)28-41(30)39/h1-28H. The highest BCUT2D eigenvalue weighted by atomic mass is 32.1. The Morgan fingerprint density at radius 2 is 0.787 bits per heavy atom. The zero-order valence-electron chi connectivity index (χ0n) is 25.6. The molecule has 1 aromatic heterocycles. The molecule has 0 nitrogen and oxygen atoms in total. The molecule has 10 rings (SSSR count). The summed E-state index contributed by atoms with van der Waals surface area (Å²) in [5.74, 6) is 0. The molecule has 1 heterocycles. The second kappa shape index (κ2) is 10.4. The molecule has 0 aliphatic heterocycles. The van der Waals surface area contributed by atoms with Crippen molar-refractivity contribution in [2.45, 2.75) is 0 Å². The fourth-order valence-corrected chi connectivity index (χ4v) is 8.94. The Balaban J connectivity index is 1.30. The molecule has 0 unspecified atom stereocenters. The van der Waals surface area contributed by atoms with E-state index in [4.69, 9.17) is 0 Å². The van der Waals surface area contributed by atoms with Crippen molar-refractivity contribution >= 4 is 74.6 Å². The van der Waals surface area contributed by atoms with Gasteiger partial charge < -0.3 is 0 Å². The summed E-state index contributed by atoms with van der Waals surface area (Å²) < 4.78 is 2.67. The van der Waals surface area contributed by atoms with Crippen molar-refractivity contribution in [2.75, 3.05) is 0 Å². The van der Waals surface area contributed by atoms with Crippen LogP contribution in [0, 0.1) is 0 Å². The molecule has 0 aliphatic rings. The summed E-state index contributed by atoms with van der Waals surface area (Å²) in [4.78, 5) is 0. The van der Waals surface area contributed by atoms with Gasteiger partial charge in [0, 0.05) is 20.2 Å². The molecule has 0 radical (unpaired) electrons. The van der Waals surface area contributed by atoms with Crippen molar-refractivity contribution in [1.29, 1.82) is 0 Å². The van der Waals surface area contributed by atoms with Gasteiger partial charge in [0.15, 0.2) is 0 Å². The maximum absolute atomic E-state index is 2.43. The molecule has 0 amide bonds. The molecule has 0 spiro atoms. The first-order chi connectivity index (χ1) is 23.3. The summed E-state index contributed by atoms with van der Waals surface area (Å²) in [6, 6.07) is 62.7. The first-order valence-electron chi connectivity index (χ1n) is 16.2. The van der Waals surface area contributed by atoms with Gasteiger partial charge in [0.25, 0.3) is 0 Å². The van der Waals surface area contributed by atoms with Gasteiger partial charge in [-0.05, 0) is 94.7 Å². The van der Waals surface area contributed by atoms with Gasteiger partial charge in [-0.2, -0.15) is 0 Å². The van der Waals surface area contributed by atoms with E-state index in [9.17, 15) is 0 Å². The minimum absolute atomic E-state index is 1.24. The Labute approximate surface area is 276 Å². The van der Waals surface area contributed by atoms with Crippen LogP contribution in [-0.4, -0.2) is 0 Å². The zero-order valence-corrected chi connectivity index (χ0v) is 26.4. The normalized spacial score (nSPS) is 11.8. The second-order valence-corrected chi connectivity index (χ2v) is 13.5. The maximum atomic E-state index is 2.43. The second-order valence-electron chi connectivity index (χ2n) is 12.4. The third kappa shape index (κ3) is 4.00. The van der Waals surface area contributed by atoms with Gasteiger partial charge in [-0.15, -0.1) is 11.3 Å². The van der Waals surface area contributed by atoms with Crippen LogP contribution in [0.25, 0.3) is 96.6 Å². The quantitative estimate of drug-likeness (QED) is 0.174. The van der Waals surface area contributed by atoms with Crippen molar-refractivity contribution < 1.29 is 0 Å². The van der Waals surface area contributed by atoms with Gasteiger partial charge in [0.1, 0.15) is 0 Å². The lowest BCUT2D eigenvalue weighted by atomic mass is 9.83. The molecular weight excluding hydrogens is 585 g/mol. The number of benzene rings is 9. The van der Waals surface area contributed by atoms with E-state index >= 15 is 0 Å². The van der Waals surface area contributed by atoms with Crippen molar-refractivity contribution in [2.24, 2.45) is 0 Å². The Morgan fingerprint density at radius 3 is 1.45 bits per heavy atom. The molecule has 218 valence electrons. The van der Waals surface area contributed by atoms with Gasteiger partial charge in [-0.1, -0.05) is 152 Å². The summed E-state index contributed by atoms with van der Waals surface area (Å²) in [6.07, 6.45) is 0. The third-order valence-electron chi connectivity index (χ3n) is 9.86. The van der Waals surface area contributed by atoms with Gasteiger partial charge >= 0.3 is 0 Å². The fraction of sp³-hybridized carbons (Fsp3) is 0. The monoisotopic (exact) mass is 612 g/mol. The number of fused-ring (bicyclic) bond motifs is 7. The van der Waals surface area contributed by atoms with Crippen LogP contribution in [0.2, 0.25) is 0 Å². The highest BCUT2D eigenvalue weighted by Gasteiger charge is 2.20. The van der Waals surface area contributed by atoms with Crippen LogP contribution in [0.3, 0.4) is 0 Å². The van der Waals surface area contributed by atoms with Gasteiger partial charge in [-0.3, -0.25) is 0 Å². The van der Waals surface area contributed by atoms with Crippen LogP contribution in [0.1, 0.15) is 0 Å². The number of hydrogen-bond donors (Lipinski definition) is 0. The molecule has 0 N–H and O–H groups in total. The predicted molar refractivity (Wildman–Crippen MR) is 206 cm³/mol. The van der Waals surface area contributed by atoms with E-state index in [1.807, 2.05) is 11.3 Å². The molecule has 0 aliphatic carbocycles. The fourth-order valence-electron chi connectivity index (χ4n) is 7.81. The van der Waals surface area contributed by atoms with E-state index in [2.05, 4.69) is 170 Å². The lowest BCUT2D eigenvalue weighted by molar-refractivity contribution is 1.64. The third-order valence-corrected chi connectivity index (χ3v) is 11.0. The van der Waals surface area contributed by atoms with E-state index in [-0.39, 0.29) is 0 Å². The average Bonchev–Trinajstić information content (AvgIpc) is 3.50. The molecule has 47 heavy (non-hydrogen) atoms. The predicted octanol–water partition coefficient (Wildman–Crippen LogP) is 13.7. The lowest BCUT2D eigenvalue weighted by Gasteiger charge is -2.20. The summed E-state index contributed by atoms with van der Waals surface area (Å²) in [7, 11) is 0. The molecule has 9 aromatic carbocycles. The largest absolute Gasteiger partial charge is 0.135 e. The van der Waals surface area contributed by atoms with Crippen molar-refractivity contribution in [3.63, 3.8) is 0 Å². The first kappa shape index (κ1) is 26.5. The number of rotatable bonds is 3. The van der Waals surface area contributed by atoms with Gasteiger partial charge in [0.2, 0.25) is 0 Å². The topological polar surface area (TPSA) is 0 Å². The van der Waals surface area contributed by atoms with E-state index in [1.54, 1.807) is 0 Å². The number of hydrogen-bond acceptors (Lipinski definition) is 1. The van der Waals surface area contributed by atoms with E-state index < -0.39 is 0 Å². The molecular formula is C46H28S. The van der Waals surface area contributed by atoms with E-state index in [0.717, 1.165) is 0 Å². The lowest BCUT2D eigenvalue weighted by Crippen LogP contribution is -1.93. The Morgan fingerprint density at radius 1 is 0.277 bits per heavy atom. The molecule has 0 saturated carbocycles. The molecule has 10 aromatic rings. The highest BCUT2D eigenvalue weighted by molar-refractivity contribution is 7.25. The van der Waals surface area contributed by atoms with Crippen LogP contribution in [0.4, 0.5) is 0 Å². The Bertz CT molecular complexity index is 2780. The summed E-state index contributed by atoms with van der Waals surface area (Å²) >= 11 is 1.89. The van der Waals surface area contributed by atoms with Gasteiger partial charge in [-0.25, -0.2) is 0 Å². The van der Waals surface area contributed by atoms with E-state index in [0.29, 0.717) is 0 Å². The van der Waals surface area contributed by atoms with Crippen molar-refractivity contribution in [3.05, 3.63) is 170 Å². The SMILES string of the molecule is c1ccc(-c2ccc(-c3c4ccccc4c(-c4cccc5cc6c(cc45)sc4ccccc46)c4ccccc34)c3ccccc23)cc1. The molecule has 0 saturated heterocycles. The first-order valence-corrected chi connectivity index (χ1v) is 17.0. The molecule has 1 heteroatoms. The minimum Gasteiger partial charge on any atom is -0.135 e. The van der Waals surface area contributed by atoms with Crippen LogP contribution in [0.15, 0.2) is 170 Å². The molecule has 0 fully saturated rings. The average molecular weight is 613 g/mol. The van der Waals surface area contributed by atoms with Gasteiger partial charge in [0.05, 0.1) is 0 Å². The maximum Gasteiger partial charge on any atom is 0.0362 e. The summed E-state index contributed by atoms with van der Waals surface area (Å²) in [5, 5.41) is 12.9. The Hall–Kier alpha value is -5.76. The minimum atomic E-state index is 1.24. The number of thiophene rings is 1. The van der Waals surface area contributed by atoms with Crippen LogP contribution >= 0.6 is 11.3 Å². The van der Waals surface area contributed by atoms with Crippen LogP contribution < -0.4 is 0 Å². The summed E-state index contributed by atoms with van der Waals surface area (Å²) in [6.45, 7) is 0. The zero-order chi connectivity index (χ0) is 30.9. The smallest absolute Gasteiger partial charge is 0.0362 e.